The summed E-state index contributed by atoms with van der Waals surface area (Å²) in [6.45, 7) is 3.47. The van der Waals surface area contributed by atoms with E-state index in [0.29, 0.717) is 12.8 Å². The van der Waals surface area contributed by atoms with E-state index in [1.807, 2.05) is 0 Å². The Kier molecular flexibility index (Phi) is 4.58. The standard InChI is InChI=1S/C7H12O3/c1-2-3-4-5-6(8)7(9)10/h2,6,8H,1,3-5H2,(H,9,10). The van der Waals surface area contributed by atoms with Gasteiger partial charge in [-0.05, 0) is 19.3 Å². The maximum Gasteiger partial charge on any atom is 0.332 e. The third-order valence-corrected chi connectivity index (χ3v) is 1.17. The summed E-state index contributed by atoms with van der Waals surface area (Å²) in [5, 5.41) is 16.9. The van der Waals surface area contributed by atoms with Crippen molar-refractivity contribution in [1.29, 1.82) is 0 Å². The molecule has 0 heterocycles. The van der Waals surface area contributed by atoms with Gasteiger partial charge in [-0.15, -0.1) is 6.58 Å². The molecule has 0 aromatic carbocycles. The first kappa shape index (κ1) is 9.17. The minimum atomic E-state index is -1.21. The van der Waals surface area contributed by atoms with Crippen LogP contribution < -0.4 is 0 Å². The molecule has 0 aliphatic heterocycles. The number of hydrogen-bond acceptors (Lipinski definition) is 2. The molecule has 0 bridgehead atoms. The third kappa shape index (κ3) is 4.09. The highest BCUT2D eigenvalue weighted by Gasteiger charge is 2.10. The number of carboxylic acid groups (broad SMARTS) is 1. The average molecular weight is 144 g/mol. The van der Waals surface area contributed by atoms with Crippen molar-refractivity contribution in [2.75, 3.05) is 0 Å². The molecular weight excluding hydrogens is 132 g/mol. The van der Waals surface area contributed by atoms with Crippen LogP contribution in [0.5, 0.6) is 0 Å². The highest BCUT2D eigenvalue weighted by molar-refractivity contribution is 5.71. The number of rotatable bonds is 5. The highest BCUT2D eigenvalue weighted by atomic mass is 16.4. The Morgan fingerprint density at radius 2 is 2.30 bits per heavy atom. The van der Waals surface area contributed by atoms with Gasteiger partial charge in [-0.3, -0.25) is 0 Å². The number of carboxylic acids is 1. The van der Waals surface area contributed by atoms with Gasteiger partial charge in [0.2, 0.25) is 0 Å². The Labute approximate surface area is 60.0 Å². The molecule has 0 aromatic heterocycles. The summed E-state index contributed by atoms with van der Waals surface area (Å²) in [7, 11) is 0. The van der Waals surface area contributed by atoms with Crippen LogP contribution in [0.1, 0.15) is 19.3 Å². The Bertz CT molecular complexity index is 120. The number of allylic oxidation sites excluding steroid dienone is 1. The predicted octanol–water partition coefficient (Wildman–Crippen LogP) is 0.788. The number of aliphatic hydroxyl groups is 1. The largest absolute Gasteiger partial charge is 0.479 e. The van der Waals surface area contributed by atoms with Gasteiger partial charge in [-0.25, -0.2) is 4.79 Å². The Morgan fingerprint density at radius 1 is 1.70 bits per heavy atom. The van der Waals surface area contributed by atoms with Gasteiger partial charge in [0.05, 0.1) is 0 Å². The molecule has 0 rings (SSSR count). The lowest BCUT2D eigenvalue weighted by molar-refractivity contribution is -0.146. The molecule has 3 heteroatoms. The second-order valence-electron chi connectivity index (χ2n) is 2.07. The first-order valence-electron chi connectivity index (χ1n) is 3.20. The minimum absolute atomic E-state index is 0.307. The van der Waals surface area contributed by atoms with Crippen molar-refractivity contribution in [2.45, 2.75) is 25.4 Å². The van der Waals surface area contributed by atoms with E-state index >= 15 is 0 Å². The smallest absolute Gasteiger partial charge is 0.332 e. The molecule has 3 nitrogen and oxygen atoms in total. The zero-order valence-corrected chi connectivity index (χ0v) is 5.79. The topological polar surface area (TPSA) is 57.5 Å². The number of aliphatic carboxylic acids is 1. The summed E-state index contributed by atoms with van der Waals surface area (Å²) in [6.07, 6.45) is 2.23. The zero-order chi connectivity index (χ0) is 7.98. The zero-order valence-electron chi connectivity index (χ0n) is 5.79. The van der Waals surface area contributed by atoms with Crippen molar-refractivity contribution in [2.24, 2.45) is 0 Å². The minimum Gasteiger partial charge on any atom is -0.479 e. The van der Waals surface area contributed by atoms with E-state index in [9.17, 15) is 4.79 Å². The first-order valence-corrected chi connectivity index (χ1v) is 3.20. The molecule has 58 valence electrons. The summed E-state index contributed by atoms with van der Waals surface area (Å²) < 4.78 is 0. The number of hydrogen-bond donors (Lipinski definition) is 2. The molecule has 10 heavy (non-hydrogen) atoms. The van der Waals surface area contributed by atoms with E-state index in [0.717, 1.165) is 6.42 Å². The summed E-state index contributed by atoms with van der Waals surface area (Å²) in [5.74, 6) is -1.15. The molecule has 0 fully saturated rings. The fraction of sp³-hybridized carbons (Fsp3) is 0.571. The fourth-order valence-corrected chi connectivity index (χ4v) is 0.579. The van der Waals surface area contributed by atoms with Gasteiger partial charge in [0.25, 0.3) is 0 Å². The molecule has 1 atom stereocenters. The van der Waals surface area contributed by atoms with Gasteiger partial charge < -0.3 is 10.2 Å². The molecule has 0 saturated heterocycles. The van der Waals surface area contributed by atoms with Crippen LogP contribution in [0, 0.1) is 0 Å². The molecule has 0 amide bonds. The summed E-state index contributed by atoms with van der Waals surface area (Å²) in [5.41, 5.74) is 0. The van der Waals surface area contributed by atoms with Gasteiger partial charge in [0.15, 0.2) is 6.10 Å². The van der Waals surface area contributed by atoms with Crippen molar-refractivity contribution in [3.63, 3.8) is 0 Å². The lowest BCUT2D eigenvalue weighted by Crippen LogP contribution is -2.18. The van der Waals surface area contributed by atoms with E-state index < -0.39 is 12.1 Å². The molecule has 0 spiro atoms. The van der Waals surface area contributed by atoms with E-state index in [-0.39, 0.29) is 0 Å². The molecule has 0 aliphatic carbocycles. The van der Waals surface area contributed by atoms with E-state index in [4.69, 9.17) is 10.2 Å². The van der Waals surface area contributed by atoms with Gasteiger partial charge in [0, 0.05) is 0 Å². The number of unbranched alkanes of at least 4 members (excludes halogenated alkanes) is 1. The lowest BCUT2D eigenvalue weighted by Gasteiger charge is -2.01. The maximum absolute atomic E-state index is 10.0. The van der Waals surface area contributed by atoms with E-state index in [1.54, 1.807) is 6.08 Å². The van der Waals surface area contributed by atoms with Crippen LogP contribution in [0.15, 0.2) is 12.7 Å². The first-order chi connectivity index (χ1) is 4.68. The van der Waals surface area contributed by atoms with Crippen molar-refractivity contribution in [1.82, 2.24) is 0 Å². The lowest BCUT2D eigenvalue weighted by atomic mass is 10.1. The Hall–Kier alpha value is -0.830. The fourth-order valence-electron chi connectivity index (χ4n) is 0.579. The second-order valence-corrected chi connectivity index (χ2v) is 2.07. The van der Waals surface area contributed by atoms with E-state index in [2.05, 4.69) is 6.58 Å². The highest BCUT2D eigenvalue weighted by Crippen LogP contribution is 2.00. The van der Waals surface area contributed by atoms with Crippen molar-refractivity contribution >= 4 is 5.97 Å². The Morgan fingerprint density at radius 3 is 2.70 bits per heavy atom. The van der Waals surface area contributed by atoms with Crippen LogP contribution in [-0.2, 0) is 4.79 Å². The van der Waals surface area contributed by atoms with E-state index in [1.165, 1.54) is 0 Å². The van der Waals surface area contributed by atoms with Crippen LogP contribution >= 0.6 is 0 Å². The van der Waals surface area contributed by atoms with Gasteiger partial charge in [-0.2, -0.15) is 0 Å². The molecule has 0 aliphatic rings. The SMILES string of the molecule is C=CCCCC(O)C(=O)O. The number of carbonyl (C=O) groups is 1. The average Bonchev–Trinajstić information content (AvgIpc) is 1.88. The van der Waals surface area contributed by atoms with Crippen LogP contribution in [0.25, 0.3) is 0 Å². The van der Waals surface area contributed by atoms with Crippen LogP contribution in [0.2, 0.25) is 0 Å². The monoisotopic (exact) mass is 144 g/mol. The molecule has 2 N–H and O–H groups in total. The second kappa shape index (κ2) is 4.99. The van der Waals surface area contributed by atoms with Crippen molar-refractivity contribution in [3.05, 3.63) is 12.7 Å². The van der Waals surface area contributed by atoms with Crippen LogP contribution in [0.3, 0.4) is 0 Å². The normalized spacial score (nSPS) is 12.5. The third-order valence-electron chi connectivity index (χ3n) is 1.17. The summed E-state index contributed by atoms with van der Waals surface area (Å²) >= 11 is 0. The van der Waals surface area contributed by atoms with Gasteiger partial charge in [0.1, 0.15) is 0 Å². The molecular formula is C7H12O3. The van der Waals surface area contributed by atoms with Crippen LogP contribution in [-0.4, -0.2) is 22.3 Å². The van der Waals surface area contributed by atoms with Gasteiger partial charge >= 0.3 is 5.97 Å². The summed E-state index contributed by atoms with van der Waals surface area (Å²) in [4.78, 5) is 10.0. The van der Waals surface area contributed by atoms with Crippen molar-refractivity contribution < 1.29 is 15.0 Å². The predicted molar refractivity (Wildman–Crippen MR) is 37.7 cm³/mol. The van der Waals surface area contributed by atoms with Gasteiger partial charge in [-0.1, -0.05) is 6.08 Å². The molecule has 0 saturated carbocycles. The molecule has 1 unspecified atom stereocenters. The molecule has 0 aromatic rings. The summed E-state index contributed by atoms with van der Waals surface area (Å²) in [6, 6.07) is 0. The quantitative estimate of drug-likeness (QED) is 0.443. The van der Waals surface area contributed by atoms with Crippen molar-refractivity contribution in [3.8, 4) is 0 Å². The number of aliphatic hydroxyl groups excluding tert-OH is 1. The van der Waals surface area contributed by atoms with Crippen LogP contribution in [0.4, 0.5) is 0 Å². The molecule has 0 radical (unpaired) electrons. The maximum atomic E-state index is 10.0. The Balaban J connectivity index is 3.30.